The molecule has 2 rings (SSSR count). The lowest BCUT2D eigenvalue weighted by Crippen LogP contribution is -2.44. The van der Waals surface area contributed by atoms with Crippen molar-refractivity contribution in [3.63, 3.8) is 0 Å². The maximum absolute atomic E-state index is 11.5. The van der Waals surface area contributed by atoms with Crippen molar-refractivity contribution < 1.29 is 24.2 Å². The maximum Gasteiger partial charge on any atom is 0.407 e. The topological polar surface area (TPSA) is 76.1 Å². The molecule has 1 amide bonds. The Balaban J connectivity index is 2.18. The van der Waals surface area contributed by atoms with E-state index < -0.39 is 12.1 Å². The maximum atomic E-state index is 11.5. The predicted molar refractivity (Wildman–Crippen MR) is 89.3 cm³/mol. The smallest absolute Gasteiger partial charge is 0.407 e. The Morgan fingerprint density at radius 1 is 1.38 bits per heavy atom. The molecule has 2 unspecified atom stereocenters. The summed E-state index contributed by atoms with van der Waals surface area (Å²) in [4.78, 5) is 24.3. The van der Waals surface area contributed by atoms with Gasteiger partial charge in [0.05, 0.1) is 19.8 Å². The molecule has 6 nitrogen and oxygen atoms in total. The minimum absolute atomic E-state index is 0.175. The van der Waals surface area contributed by atoms with Gasteiger partial charge in [0.15, 0.2) is 0 Å². The summed E-state index contributed by atoms with van der Waals surface area (Å²) in [6.45, 7) is 2.43. The Labute approximate surface area is 141 Å². The Kier molecular flexibility index (Phi) is 6.23. The molecule has 6 heteroatoms. The number of para-hydroxylation sites is 1. The number of ether oxygens (including phenoxy) is 2. The van der Waals surface area contributed by atoms with Crippen LogP contribution in [0, 0.1) is 0 Å². The highest BCUT2D eigenvalue weighted by molar-refractivity contribution is 5.82. The normalized spacial score (nSPS) is 20.8. The number of likely N-dealkylation sites (tertiary alicyclic amines) is 1. The van der Waals surface area contributed by atoms with Crippen LogP contribution in [0.3, 0.4) is 0 Å². The standard InChI is InChI=1S/C18H23NO5/c1-3-24-17(20)9-8-14-12-13(10-11-19(14)18(21)22)15-6-4-5-7-16(15)23-2/h4-9,13-14H,3,10-12H2,1-2H3,(H,21,22)/b9-8+. The number of carbonyl (C=O) groups is 2. The number of benzene rings is 1. The molecule has 0 radical (unpaired) electrons. The van der Waals surface area contributed by atoms with Crippen molar-refractivity contribution in [2.75, 3.05) is 20.3 Å². The third-order valence-corrected chi connectivity index (χ3v) is 4.21. The first-order chi connectivity index (χ1) is 11.6. The van der Waals surface area contributed by atoms with Gasteiger partial charge in [-0.3, -0.25) is 0 Å². The number of hydrogen-bond donors (Lipinski definition) is 1. The van der Waals surface area contributed by atoms with E-state index in [0.717, 1.165) is 17.7 Å². The molecule has 0 aliphatic carbocycles. The molecule has 1 saturated heterocycles. The number of rotatable bonds is 5. The Morgan fingerprint density at radius 3 is 2.79 bits per heavy atom. The zero-order valence-corrected chi connectivity index (χ0v) is 14.0. The molecule has 0 spiro atoms. The summed E-state index contributed by atoms with van der Waals surface area (Å²) < 4.78 is 10.3. The fourth-order valence-corrected chi connectivity index (χ4v) is 3.08. The van der Waals surface area contributed by atoms with Crippen LogP contribution in [0.15, 0.2) is 36.4 Å². The lowest BCUT2D eigenvalue weighted by molar-refractivity contribution is -0.137. The highest BCUT2D eigenvalue weighted by Gasteiger charge is 2.32. The first kappa shape index (κ1) is 17.8. The summed E-state index contributed by atoms with van der Waals surface area (Å²) in [5.74, 6) is 0.523. The van der Waals surface area contributed by atoms with Crippen LogP contribution in [0.5, 0.6) is 5.75 Å². The third-order valence-electron chi connectivity index (χ3n) is 4.21. The van der Waals surface area contributed by atoms with Crippen molar-refractivity contribution >= 4 is 12.1 Å². The number of piperidine rings is 1. The molecule has 0 bridgehead atoms. The largest absolute Gasteiger partial charge is 0.496 e. The lowest BCUT2D eigenvalue weighted by atomic mass is 9.84. The van der Waals surface area contributed by atoms with E-state index in [1.165, 1.54) is 11.0 Å². The van der Waals surface area contributed by atoms with Gasteiger partial charge in [-0.05, 0) is 37.3 Å². The molecule has 1 N–H and O–H groups in total. The van der Waals surface area contributed by atoms with Gasteiger partial charge < -0.3 is 19.5 Å². The van der Waals surface area contributed by atoms with Crippen LogP contribution in [-0.4, -0.2) is 48.4 Å². The molecular formula is C18H23NO5. The minimum atomic E-state index is -0.980. The Morgan fingerprint density at radius 2 is 2.12 bits per heavy atom. The summed E-state index contributed by atoms with van der Waals surface area (Å²) in [6, 6.07) is 7.40. The van der Waals surface area contributed by atoms with Crippen molar-refractivity contribution in [2.45, 2.75) is 31.7 Å². The molecule has 1 fully saturated rings. The lowest BCUT2D eigenvalue weighted by Gasteiger charge is -2.36. The average molecular weight is 333 g/mol. The minimum Gasteiger partial charge on any atom is -0.496 e. The molecule has 130 valence electrons. The quantitative estimate of drug-likeness (QED) is 0.662. The van der Waals surface area contributed by atoms with Gasteiger partial charge in [0.1, 0.15) is 5.75 Å². The van der Waals surface area contributed by atoms with Crippen LogP contribution < -0.4 is 4.74 Å². The summed E-state index contributed by atoms with van der Waals surface area (Å²) in [7, 11) is 1.63. The van der Waals surface area contributed by atoms with Crippen LogP contribution in [0.4, 0.5) is 4.79 Å². The molecule has 1 aliphatic heterocycles. The van der Waals surface area contributed by atoms with Crippen LogP contribution in [0.25, 0.3) is 0 Å². The monoisotopic (exact) mass is 333 g/mol. The summed E-state index contributed by atoms with van der Waals surface area (Å²) in [5, 5.41) is 9.39. The van der Waals surface area contributed by atoms with Gasteiger partial charge in [-0.25, -0.2) is 9.59 Å². The fraction of sp³-hybridized carbons (Fsp3) is 0.444. The number of hydrogen-bond acceptors (Lipinski definition) is 4. The van der Waals surface area contributed by atoms with Crippen molar-refractivity contribution in [3.8, 4) is 5.75 Å². The molecule has 1 aromatic carbocycles. The Bertz CT molecular complexity index is 613. The van der Waals surface area contributed by atoms with E-state index in [9.17, 15) is 14.7 Å². The molecule has 1 heterocycles. The number of amides is 1. The fourth-order valence-electron chi connectivity index (χ4n) is 3.08. The first-order valence-corrected chi connectivity index (χ1v) is 8.04. The van der Waals surface area contributed by atoms with Crippen LogP contribution in [-0.2, 0) is 9.53 Å². The summed E-state index contributed by atoms with van der Waals surface area (Å²) in [6.07, 6.45) is 3.27. The van der Waals surface area contributed by atoms with Gasteiger partial charge in [0.25, 0.3) is 0 Å². The van der Waals surface area contributed by atoms with Crippen LogP contribution in [0.2, 0.25) is 0 Å². The van der Waals surface area contributed by atoms with Crippen molar-refractivity contribution in [1.82, 2.24) is 4.90 Å². The van der Waals surface area contributed by atoms with Gasteiger partial charge in [0, 0.05) is 12.6 Å². The van der Waals surface area contributed by atoms with Crippen molar-refractivity contribution in [2.24, 2.45) is 0 Å². The number of carbonyl (C=O) groups excluding carboxylic acids is 1. The summed E-state index contributed by atoms with van der Waals surface area (Å²) >= 11 is 0. The number of carboxylic acid groups (broad SMARTS) is 1. The van der Waals surface area contributed by atoms with E-state index in [0.29, 0.717) is 19.6 Å². The second kappa shape index (κ2) is 8.38. The molecule has 24 heavy (non-hydrogen) atoms. The second-order valence-corrected chi connectivity index (χ2v) is 5.62. The third kappa shape index (κ3) is 4.28. The number of nitrogens with zero attached hydrogens (tertiary/aromatic N) is 1. The molecule has 0 aromatic heterocycles. The van der Waals surface area contributed by atoms with Gasteiger partial charge in [-0.1, -0.05) is 24.3 Å². The number of methoxy groups -OCH3 is 1. The van der Waals surface area contributed by atoms with Gasteiger partial charge in [-0.15, -0.1) is 0 Å². The van der Waals surface area contributed by atoms with Gasteiger partial charge in [0.2, 0.25) is 0 Å². The molecule has 1 aromatic rings. The summed E-state index contributed by atoms with van der Waals surface area (Å²) in [5.41, 5.74) is 1.07. The van der Waals surface area contributed by atoms with Crippen molar-refractivity contribution in [3.05, 3.63) is 42.0 Å². The van der Waals surface area contributed by atoms with Gasteiger partial charge in [-0.2, -0.15) is 0 Å². The van der Waals surface area contributed by atoms with E-state index in [1.807, 2.05) is 24.3 Å². The SMILES string of the molecule is CCOC(=O)/C=C/C1CC(c2ccccc2OC)CCN1C(=O)O. The second-order valence-electron chi connectivity index (χ2n) is 5.62. The first-order valence-electron chi connectivity index (χ1n) is 8.04. The number of esters is 1. The van der Waals surface area contributed by atoms with Crippen LogP contribution >= 0.6 is 0 Å². The zero-order valence-electron chi connectivity index (χ0n) is 14.0. The molecule has 1 aliphatic rings. The zero-order chi connectivity index (χ0) is 17.5. The molecule has 2 atom stereocenters. The van der Waals surface area contributed by atoms with Crippen LogP contribution in [0.1, 0.15) is 31.2 Å². The predicted octanol–water partition coefficient (Wildman–Crippen LogP) is 3.04. The van der Waals surface area contributed by atoms with E-state index in [-0.39, 0.29) is 12.0 Å². The highest BCUT2D eigenvalue weighted by Crippen LogP contribution is 2.36. The van der Waals surface area contributed by atoms with E-state index in [2.05, 4.69) is 0 Å². The highest BCUT2D eigenvalue weighted by atomic mass is 16.5. The van der Waals surface area contributed by atoms with Gasteiger partial charge >= 0.3 is 12.1 Å². The molecular weight excluding hydrogens is 310 g/mol. The van der Waals surface area contributed by atoms with E-state index in [4.69, 9.17) is 9.47 Å². The van der Waals surface area contributed by atoms with E-state index in [1.54, 1.807) is 20.1 Å². The van der Waals surface area contributed by atoms with E-state index >= 15 is 0 Å². The average Bonchev–Trinajstić information content (AvgIpc) is 2.59. The van der Waals surface area contributed by atoms with Crippen molar-refractivity contribution in [1.29, 1.82) is 0 Å². The molecule has 0 saturated carbocycles. The Hall–Kier alpha value is -2.50.